The highest BCUT2D eigenvalue weighted by atomic mass is 19.1. The van der Waals surface area contributed by atoms with Crippen molar-refractivity contribution in [3.63, 3.8) is 0 Å². The molecule has 1 aromatic rings. The van der Waals surface area contributed by atoms with Crippen molar-refractivity contribution in [2.45, 2.75) is 47.1 Å². The largest absolute Gasteiger partial charge is 0.356 e. The molecule has 1 N–H and O–H groups in total. The van der Waals surface area contributed by atoms with Crippen molar-refractivity contribution in [2.75, 3.05) is 13.1 Å². The Bertz CT molecular complexity index is 538. The average Bonchev–Trinajstić information content (AvgIpc) is 2.47. The lowest BCUT2D eigenvalue weighted by atomic mass is 9.96. The van der Waals surface area contributed by atoms with E-state index in [4.69, 9.17) is 0 Å². The maximum Gasteiger partial charge on any atom is 0.225 e. The van der Waals surface area contributed by atoms with Crippen molar-refractivity contribution in [2.24, 2.45) is 5.41 Å². The first kappa shape index (κ1) is 19.1. The van der Waals surface area contributed by atoms with Crippen LogP contribution in [0.4, 0.5) is 4.39 Å². The number of benzene rings is 1. The van der Waals surface area contributed by atoms with Gasteiger partial charge >= 0.3 is 0 Å². The summed E-state index contributed by atoms with van der Waals surface area (Å²) in [5, 5.41) is 2.83. The van der Waals surface area contributed by atoms with Gasteiger partial charge in [0.2, 0.25) is 11.8 Å². The van der Waals surface area contributed by atoms with Gasteiger partial charge in [-0.2, -0.15) is 0 Å². The first-order valence-electron chi connectivity index (χ1n) is 8.04. The van der Waals surface area contributed by atoms with E-state index in [-0.39, 0.29) is 17.6 Å². The number of amides is 2. The molecule has 4 nitrogen and oxygen atoms in total. The standard InChI is InChI=1S/C18H27FN2O2/c1-5-21(13-14-8-6-9-15(19)12-14)16(22)10-7-11-20-17(23)18(2,3)4/h6,8-9,12H,5,7,10-11,13H2,1-4H3,(H,20,23). The summed E-state index contributed by atoms with van der Waals surface area (Å²) in [5.41, 5.74) is 0.359. The molecule has 0 atom stereocenters. The first-order valence-corrected chi connectivity index (χ1v) is 8.04. The zero-order valence-corrected chi connectivity index (χ0v) is 14.5. The van der Waals surface area contributed by atoms with Crippen molar-refractivity contribution < 1.29 is 14.0 Å². The van der Waals surface area contributed by atoms with Crippen LogP contribution in [0.25, 0.3) is 0 Å². The van der Waals surface area contributed by atoms with E-state index in [1.54, 1.807) is 11.0 Å². The molecule has 2 amide bonds. The van der Waals surface area contributed by atoms with Gasteiger partial charge in [-0.05, 0) is 31.0 Å². The van der Waals surface area contributed by atoms with E-state index in [0.717, 1.165) is 5.56 Å². The normalized spacial score (nSPS) is 11.2. The monoisotopic (exact) mass is 322 g/mol. The van der Waals surface area contributed by atoms with Crippen molar-refractivity contribution >= 4 is 11.8 Å². The zero-order chi connectivity index (χ0) is 17.5. The van der Waals surface area contributed by atoms with Crippen LogP contribution in [0, 0.1) is 11.2 Å². The van der Waals surface area contributed by atoms with Gasteiger partial charge in [0.15, 0.2) is 0 Å². The fraction of sp³-hybridized carbons (Fsp3) is 0.556. The lowest BCUT2D eigenvalue weighted by Gasteiger charge is -2.21. The minimum atomic E-state index is -0.420. The zero-order valence-electron chi connectivity index (χ0n) is 14.5. The minimum absolute atomic E-state index is 0.0155. The first-order chi connectivity index (χ1) is 10.7. The lowest BCUT2D eigenvalue weighted by molar-refractivity contribution is -0.132. The van der Waals surface area contributed by atoms with Crippen LogP contribution >= 0.6 is 0 Å². The summed E-state index contributed by atoms with van der Waals surface area (Å²) in [6.45, 7) is 8.92. The molecule has 5 heteroatoms. The molecule has 0 saturated heterocycles. The van der Waals surface area contributed by atoms with E-state index in [1.807, 2.05) is 33.8 Å². The van der Waals surface area contributed by atoms with E-state index in [1.165, 1.54) is 12.1 Å². The van der Waals surface area contributed by atoms with Crippen LogP contribution in [-0.2, 0) is 16.1 Å². The Morgan fingerprint density at radius 3 is 2.52 bits per heavy atom. The van der Waals surface area contributed by atoms with Gasteiger partial charge in [-0.15, -0.1) is 0 Å². The van der Waals surface area contributed by atoms with Crippen molar-refractivity contribution in [1.82, 2.24) is 10.2 Å². The summed E-state index contributed by atoms with van der Waals surface area (Å²) in [5.74, 6) is -0.297. The maximum absolute atomic E-state index is 13.2. The number of rotatable bonds is 7. The number of halogens is 1. The van der Waals surface area contributed by atoms with Gasteiger partial charge in [0.25, 0.3) is 0 Å². The van der Waals surface area contributed by atoms with Gasteiger partial charge in [0.05, 0.1) is 0 Å². The highest BCUT2D eigenvalue weighted by molar-refractivity contribution is 5.81. The molecule has 0 radical (unpaired) electrons. The summed E-state index contributed by atoms with van der Waals surface area (Å²) in [7, 11) is 0. The summed E-state index contributed by atoms with van der Waals surface area (Å²) in [4.78, 5) is 25.6. The molecule has 0 spiro atoms. The molecule has 0 saturated carbocycles. The molecule has 1 rings (SSSR count). The van der Waals surface area contributed by atoms with Gasteiger partial charge in [-0.1, -0.05) is 32.9 Å². The SMILES string of the molecule is CCN(Cc1cccc(F)c1)C(=O)CCCNC(=O)C(C)(C)C. The summed E-state index contributed by atoms with van der Waals surface area (Å²) in [6.07, 6.45) is 0.966. The lowest BCUT2D eigenvalue weighted by Crippen LogP contribution is -2.36. The maximum atomic E-state index is 13.2. The Hall–Kier alpha value is -1.91. The number of nitrogens with one attached hydrogen (secondary N) is 1. The molecule has 0 heterocycles. The molecule has 0 bridgehead atoms. The Morgan fingerprint density at radius 1 is 1.26 bits per heavy atom. The molecule has 0 aromatic heterocycles. The Labute approximate surface area is 138 Å². The topological polar surface area (TPSA) is 49.4 Å². The van der Waals surface area contributed by atoms with E-state index in [9.17, 15) is 14.0 Å². The second kappa shape index (κ2) is 8.65. The molecule has 0 fully saturated rings. The van der Waals surface area contributed by atoms with Crippen LogP contribution in [0.1, 0.15) is 46.1 Å². The van der Waals surface area contributed by atoms with Crippen LogP contribution in [0.15, 0.2) is 24.3 Å². The number of nitrogens with zero attached hydrogens (tertiary/aromatic N) is 1. The molecule has 0 unspecified atom stereocenters. The quantitative estimate of drug-likeness (QED) is 0.784. The fourth-order valence-corrected chi connectivity index (χ4v) is 2.10. The number of carbonyl (C=O) groups excluding carboxylic acids is 2. The number of hydrogen-bond acceptors (Lipinski definition) is 2. The Morgan fingerprint density at radius 2 is 1.96 bits per heavy atom. The fourth-order valence-electron chi connectivity index (χ4n) is 2.10. The van der Waals surface area contributed by atoms with E-state index >= 15 is 0 Å². The molecule has 128 valence electrons. The molecule has 0 aliphatic carbocycles. The molecule has 23 heavy (non-hydrogen) atoms. The summed E-state index contributed by atoms with van der Waals surface area (Å²) < 4.78 is 13.2. The molecular weight excluding hydrogens is 295 g/mol. The van der Waals surface area contributed by atoms with Crippen LogP contribution in [0.3, 0.4) is 0 Å². The average molecular weight is 322 g/mol. The van der Waals surface area contributed by atoms with Crippen molar-refractivity contribution in [3.05, 3.63) is 35.6 Å². The van der Waals surface area contributed by atoms with Gasteiger partial charge < -0.3 is 10.2 Å². The number of hydrogen-bond donors (Lipinski definition) is 1. The Balaban J connectivity index is 2.41. The number of carbonyl (C=O) groups is 2. The highest BCUT2D eigenvalue weighted by Crippen LogP contribution is 2.12. The van der Waals surface area contributed by atoms with Gasteiger partial charge in [-0.25, -0.2) is 4.39 Å². The third-order valence-electron chi connectivity index (χ3n) is 3.53. The van der Waals surface area contributed by atoms with Crippen molar-refractivity contribution in [3.8, 4) is 0 Å². The summed E-state index contributed by atoms with van der Waals surface area (Å²) in [6, 6.07) is 6.28. The molecule has 0 aliphatic heterocycles. The van der Waals surface area contributed by atoms with Crippen LogP contribution < -0.4 is 5.32 Å². The van der Waals surface area contributed by atoms with E-state index in [2.05, 4.69) is 5.32 Å². The second-order valence-electron chi connectivity index (χ2n) is 6.65. The third-order valence-corrected chi connectivity index (χ3v) is 3.53. The van der Waals surface area contributed by atoms with Gasteiger partial charge in [-0.3, -0.25) is 9.59 Å². The predicted molar refractivity (Wildman–Crippen MR) is 89.2 cm³/mol. The van der Waals surface area contributed by atoms with Crippen LogP contribution in [0.2, 0.25) is 0 Å². The molecule has 0 aliphatic rings. The van der Waals surface area contributed by atoms with Gasteiger partial charge in [0, 0.05) is 31.5 Å². The predicted octanol–water partition coefficient (Wildman–Crippen LogP) is 3.12. The highest BCUT2D eigenvalue weighted by Gasteiger charge is 2.20. The van der Waals surface area contributed by atoms with Crippen molar-refractivity contribution in [1.29, 1.82) is 0 Å². The van der Waals surface area contributed by atoms with Crippen LogP contribution in [0.5, 0.6) is 0 Å². The minimum Gasteiger partial charge on any atom is -0.356 e. The second-order valence-corrected chi connectivity index (χ2v) is 6.65. The Kier molecular flexibility index (Phi) is 7.20. The third kappa shape index (κ3) is 6.80. The smallest absolute Gasteiger partial charge is 0.225 e. The molecule has 1 aromatic carbocycles. The van der Waals surface area contributed by atoms with E-state index in [0.29, 0.717) is 32.5 Å². The summed E-state index contributed by atoms with van der Waals surface area (Å²) >= 11 is 0. The van der Waals surface area contributed by atoms with E-state index < -0.39 is 5.41 Å². The van der Waals surface area contributed by atoms with Gasteiger partial charge in [0.1, 0.15) is 5.82 Å². The van der Waals surface area contributed by atoms with Crippen LogP contribution in [-0.4, -0.2) is 29.8 Å². The molecular formula is C18H27FN2O2.